The van der Waals surface area contributed by atoms with E-state index in [1.165, 1.54) is 25.9 Å². The first-order valence-corrected chi connectivity index (χ1v) is 4.72. The van der Waals surface area contributed by atoms with Gasteiger partial charge < -0.3 is 10.2 Å². The van der Waals surface area contributed by atoms with Crippen molar-refractivity contribution in [2.75, 3.05) is 26.2 Å². The Morgan fingerprint density at radius 1 is 1.50 bits per heavy atom. The summed E-state index contributed by atoms with van der Waals surface area (Å²) in [6.07, 6.45) is 3.46. The van der Waals surface area contributed by atoms with Crippen molar-refractivity contribution in [3.63, 3.8) is 0 Å². The van der Waals surface area contributed by atoms with Crippen molar-refractivity contribution in [1.29, 1.82) is 0 Å². The first kappa shape index (κ1) is 9.52. The highest BCUT2D eigenvalue weighted by molar-refractivity contribution is 5.45. The maximum absolute atomic E-state index is 10.0. The molecule has 0 spiro atoms. The zero-order valence-electron chi connectivity index (χ0n) is 7.75. The lowest BCUT2D eigenvalue weighted by atomic mass is 10.2. The number of hydrogen-bond acceptors (Lipinski definition) is 2. The van der Waals surface area contributed by atoms with Crippen LogP contribution in [0.1, 0.15) is 19.8 Å². The molecule has 3 nitrogen and oxygen atoms in total. The maximum atomic E-state index is 10.0. The largest absolute Gasteiger partial charge is 0.358 e. The standard InChI is InChI=1S/C9H18N2O/c1-9(6-10-8-12)7-11-4-2-3-5-11/h8-9H,2-7H2,1H3,(H,10,12). The van der Waals surface area contributed by atoms with Crippen molar-refractivity contribution in [2.45, 2.75) is 19.8 Å². The van der Waals surface area contributed by atoms with E-state index in [2.05, 4.69) is 17.1 Å². The predicted molar refractivity (Wildman–Crippen MR) is 48.9 cm³/mol. The summed E-state index contributed by atoms with van der Waals surface area (Å²) in [5.41, 5.74) is 0. The Morgan fingerprint density at radius 3 is 2.75 bits per heavy atom. The van der Waals surface area contributed by atoms with Crippen LogP contribution >= 0.6 is 0 Å². The minimum absolute atomic E-state index is 0.577. The van der Waals surface area contributed by atoms with Crippen LogP contribution in [0.4, 0.5) is 0 Å². The van der Waals surface area contributed by atoms with E-state index in [0.717, 1.165) is 19.5 Å². The fraction of sp³-hybridized carbons (Fsp3) is 0.889. The lowest BCUT2D eigenvalue weighted by Crippen LogP contribution is -2.31. The molecule has 1 N–H and O–H groups in total. The smallest absolute Gasteiger partial charge is 0.207 e. The Bertz CT molecular complexity index is 132. The van der Waals surface area contributed by atoms with Gasteiger partial charge in [0.1, 0.15) is 0 Å². The van der Waals surface area contributed by atoms with Gasteiger partial charge in [0.2, 0.25) is 6.41 Å². The molecule has 0 saturated carbocycles. The molecule has 1 rings (SSSR count). The molecule has 1 aliphatic rings. The number of carbonyl (C=O) groups excluding carboxylic acids is 1. The van der Waals surface area contributed by atoms with E-state index in [0.29, 0.717) is 5.92 Å². The lowest BCUT2D eigenvalue weighted by molar-refractivity contribution is -0.109. The summed E-state index contributed by atoms with van der Waals surface area (Å²) in [7, 11) is 0. The Labute approximate surface area is 74.1 Å². The Morgan fingerprint density at radius 2 is 2.17 bits per heavy atom. The van der Waals surface area contributed by atoms with Crippen LogP contribution in [0.2, 0.25) is 0 Å². The van der Waals surface area contributed by atoms with Crippen LogP contribution in [-0.2, 0) is 4.79 Å². The predicted octanol–water partition coefficient (Wildman–Crippen LogP) is 0.464. The quantitative estimate of drug-likeness (QED) is 0.608. The minimum atomic E-state index is 0.577. The van der Waals surface area contributed by atoms with E-state index < -0.39 is 0 Å². The van der Waals surface area contributed by atoms with Gasteiger partial charge in [-0.1, -0.05) is 6.92 Å². The number of rotatable bonds is 5. The van der Waals surface area contributed by atoms with Crippen molar-refractivity contribution in [3.05, 3.63) is 0 Å². The van der Waals surface area contributed by atoms with Gasteiger partial charge in [0.25, 0.3) is 0 Å². The van der Waals surface area contributed by atoms with Gasteiger partial charge in [-0.2, -0.15) is 0 Å². The van der Waals surface area contributed by atoms with Crippen molar-refractivity contribution in [1.82, 2.24) is 10.2 Å². The Hall–Kier alpha value is -0.570. The molecule has 3 heteroatoms. The van der Waals surface area contributed by atoms with Gasteiger partial charge in [-0.3, -0.25) is 4.79 Å². The van der Waals surface area contributed by atoms with Crippen LogP contribution in [-0.4, -0.2) is 37.5 Å². The number of amides is 1. The van der Waals surface area contributed by atoms with Gasteiger partial charge in [-0.05, 0) is 31.8 Å². The molecule has 1 saturated heterocycles. The first-order valence-electron chi connectivity index (χ1n) is 4.72. The lowest BCUT2D eigenvalue weighted by Gasteiger charge is -2.19. The van der Waals surface area contributed by atoms with Crippen molar-refractivity contribution >= 4 is 6.41 Å². The van der Waals surface area contributed by atoms with E-state index in [4.69, 9.17) is 0 Å². The third-order valence-electron chi connectivity index (χ3n) is 2.32. The highest BCUT2D eigenvalue weighted by atomic mass is 16.1. The fourth-order valence-electron chi connectivity index (χ4n) is 1.72. The van der Waals surface area contributed by atoms with Crippen molar-refractivity contribution < 1.29 is 4.79 Å². The zero-order chi connectivity index (χ0) is 8.81. The van der Waals surface area contributed by atoms with Gasteiger partial charge in [-0.15, -0.1) is 0 Å². The van der Waals surface area contributed by atoms with Gasteiger partial charge in [-0.25, -0.2) is 0 Å². The molecule has 1 atom stereocenters. The summed E-state index contributed by atoms with van der Waals surface area (Å²) in [5, 5.41) is 2.71. The van der Waals surface area contributed by atoms with E-state index in [1.807, 2.05) is 0 Å². The van der Waals surface area contributed by atoms with Crippen molar-refractivity contribution in [3.8, 4) is 0 Å². The maximum Gasteiger partial charge on any atom is 0.207 e. The monoisotopic (exact) mass is 170 g/mol. The van der Waals surface area contributed by atoms with Crippen LogP contribution in [0.3, 0.4) is 0 Å². The number of carbonyl (C=O) groups is 1. The Balaban J connectivity index is 2.07. The second-order valence-electron chi connectivity index (χ2n) is 3.64. The molecule has 0 aliphatic carbocycles. The van der Waals surface area contributed by atoms with E-state index >= 15 is 0 Å². The Kier molecular flexibility index (Phi) is 4.08. The molecule has 12 heavy (non-hydrogen) atoms. The summed E-state index contributed by atoms with van der Waals surface area (Å²) in [6, 6.07) is 0. The van der Waals surface area contributed by atoms with Crippen LogP contribution in [0.5, 0.6) is 0 Å². The number of nitrogens with zero attached hydrogens (tertiary/aromatic N) is 1. The third-order valence-corrected chi connectivity index (χ3v) is 2.32. The van der Waals surface area contributed by atoms with Gasteiger partial charge in [0.15, 0.2) is 0 Å². The highest BCUT2D eigenvalue weighted by Gasteiger charge is 2.13. The average Bonchev–Trinajstić information content (AvgIpc) is 2.53. The van der Waals surface area contributed by atoms with E-state index in [9.17, 15) is 4.79 Å². The number of hydrogen-bond donors (Lipinski definition) is 1. The second kappa shape index (κ2) is 5.14. The second-order valence-corrected chi connectivity index (χ2v) is 3.64. The van der Waals surface area contributed by atoms with Gasteiger partial charge >= 0.3 is 0 Å². The third kappa shape index (κ3) is 3.22. The van der Waals surface area contributed by atoms with E-state index in [-0.39, 0.29) is 0 Å². The van der Waals surface area contributed by atoms with Crippen molar-refractivity contribution in [2.24, 2.45) is 5.92 Å². The summed E-state index contributed by atoms with van der Waals surface area (Å²) >= 11 is 0. The summed E-state index contributed by atoms with van der Waals surface area (Å²) < 4.78 is 0. The summed E-state index contributed by atoms with van der Waals surface area (Å²) in [4.78, 5) is 12.5. The van der Waals surface area contributed by atoms with Gasteiger partial charge in [0, 0.05) is 13.1 Å². The summed E-state index contributed by atoms with van der Waals surface area (Å²) in [6.45, 7) is 6.59. The number of nitrogens with one attached hydrogen (secondary N) is 1. The molecule has 1 aliphatic heterocycles. The zero-order valence-corrected chi connectivity index (χ0v) is 7.75. The molecule has 1 fully saturated rings. The molecule has 70 valence electrons. The number of likely N-dealkylation sites (tertiary alicyclic amines) is 1. The summed E-state index contributed by atoms with van der Waals surface area (Å²) in [5.74, 6) is 0.577. The SMILES string of the molecule is CC(CNC=O)CN1CCCC1. The fourth-order valence-corrected chi connectivity index (χ4v) is 1.72. The van der Waals surface area contributed by atoms with E-state index in [1.54, 1.807) is 0 Å². The van der Waals surface area contributed by atoms with Crippen LogP contribution < -0.4 is 5.32 Å². The normalized spacial score (nSPS) is 20.8. The van der Waals surface area contributed by atoms with Crippen LogP contribution in [0.25, 0.3) is 0 Å². The highest BCUT2D eigenvalue weighted by Crippen LogP contribution is 2.09. The molecular weight excluding hydrogens is 152 g/mol. The molecule has 0 aromatic heterocycles. The first-order chi connectivity index (χ1) is 5.83. The molecule has 1 unspecified atom stereocenters. The molecule has 0 aromatic rings. The van der Waals surface area contributed by atoms with Gasteiger partial charge in [0.05, 0.1) is 0 Å². The van der Waals surface area contributed by atoms with Crippen LogP contribution in [0, 0.1) is 5.92 Å². The molecular formula is C9H18N2O. The molecule has 0 aromatic carbocycles. The molecule has 0 radical (unpaired) electrons. The van der Waals surface area contributed by atoms with Crippen LogP contribution in [0.15, 0.2) is 0 Å². The topological polar surface area (TPSA) is 32.3 Å². The molecule has 1 amide bonds. The molecule has 1 heterocycles. The molecule has 0 bridgehead atoms. The minimum Gasteiger partial charge on any atom is -0.358 e. The average molecular weight is 170 g/mol.